The molecule has 26 heavy (non-hydrogen) atoms. The highest BCUT2D eigenvalue weighted by Crippen LogP contribution is 2.72. The Morgan fingerprint density at radius 2 is 1.23 bits per heavy atom. The molecular formula is C23H23NO2. The highest BCUT2D eigenvalue weighted by Gasteiger charge is 2.77. The van der Waals surface area contributed by atoms with E-state index in [0.29, 0.717) is 11.8 Å². The van der Waals surface area contributed by atoms with Crippen LogP contribution in [0.1, 0.15) is 43.2 Å². The molecule has 2 heterocycles. The van der Waals surface area contributed by atoms with Crippen LogP contribution in [-0.4, -0.2) is 5.60 Å². The first-order chi connectivity index (χ1) is 12.8. The molecule has 132 valence electrons. The molecule has 6 aliphatic rings. The Hall–Kier alpha value is -1.84. The number of para-hydroxylation sites is 2. The predicted octanol–water partition coefficient (Wildman–Crippen LogP) is 5.14. The molecule has 5 fully saturated rings. The third kappa shape index (κ3) is 1.40. The summed E-state index contributed by atoms with van der Waals surface area (Å²) in [7, 11) is 0. The van der Waals surface area contributed by atoms with E-state index in [1.165, 1.54) is 54.6 Å². The third-order valence-corrected chi connectivity index (χ3v) is 8.09. The standard InChI is InChI=1S/C23H23NO2/c1-3-7-20-18(5-1)23(19-6-2-4-8-21(19)24-20)22(25-26-23)16-10-14-9-15(12-16)13-17(22)11-14/h1-8,14-17,24H,9-13H2. The Balaban J connectivity index is 1.51. The predicted molar refractivity (Wildman–Crippen MR) is 98.9 cm³/mol. The van der Waals surface area contributed by atoms with Crippen LogP contribution in [0.2, 0.25) is 0 Å². The summed E-state index contributed by atoms with van der Waals surface area (Å²) in [5.41, 5.74) is 4.23. The molecule has 0 amide bonds. The van der Waals surface area contributed by atoms with Crippen molar-refractivity contribution in [1.82, 2.24) is 0 Å². The highest BCUT2D eigenvalue weighted by molar-refractivity contribution is 5.76. The van der Waals surface area contributed by atoms with Gasteiger partial charge in [-0.05, 0) is 67.9 Å². The fourth-order valence-corrected chi connectivity index (χ4v) is 7.42. The van der Waals surface area contributed by atoms with Crippen molar-refractivity contribution < 1.29 is 9.78 Å². The maximum absolute atomic E-state index is 6.27. The number of anilines is 2. The molecule has 3 nitrogen and oxygen atoms in total. The first-order valence-electron chi connectivity index (χ1n) is 10.1. The van der Waals surface area contributed by atoms with Crippen molar-refractivity contribution in [2.45, 2.75) is 43.3 Å². The van der Waals surface area contributed by atoms with Crippen molar-refractivity contribution in [1.29, 1.82) is 0 Å². The molecule has 3 heteroatoms. The zero-order chi connectivity index (χ0) is 16.9. The van der Waals surface area contributed by atoms with Gasteiger partial charge >= 0.3 is 0 Å². The van der Waals surface area contributed by atoms with E-state index >= 15 is 0 Å². The van der Waals surface area contributed by atoms with Crippen LogP contribution in [0.25, 0.3) is 0 Å². The van der Waals surface area contributed by atoms with Crippen LogP contribution in [0.5, 0.6) is 0 Å². The summed E-state index contributed by atoms with van der Waals surface area (Å²) in [6, 6.07) is 17.3. The van der Waals surface area contributed by atoms with Crippen molar-refractivity contribution >= 4 is 11.4 Å². The molecule has 8 rings (SSSR count). The van der Waals surface area contributed by atoms with Gasteiger partial charge in [-0.15, -0.1) is 0 Å². The lowest BCUT2D eigenvalue weighted by molar-refractivity contribution is -0.583. The smallest absolute Gasteiger partial charge is 0.190 e. The number of fused-ring (bicyclic) bond motifs is 4. The first-order valence-corrected chi connectivity index (χ1v) is 10.1. The largest absolute Gasteiger partial charge is 0.355 e. The number of hydrogen-bond donors (Lipinski definition) is 1. The fraction of sp³-hybridized carbons (Fsp3) is 0.478. The van der Waals surface area contributed by atoms with E-state index in [9.17, 15) is 0 Å². The van der Waals surface area contributed by atoms with Crippen molar-refractivity contribution in [2.75, 3.05) is 5.32 Å². The average molecular weight is 345 g/mol. The van der Waals surface area contributed by atoms with Crippen molar-refractivity contribution in [2.24, 2.45) is 23.7 Å². The molecule has 2 aliphatic heterocycles. The summed E-state index contributed by atoms with van der Waals surface area (Å²) >= 11 is 0. The van der Waals surface area contributed by atoms with Crippen molar-refractivity contribution in [3.63, 3.8) is 0 Å². The highest BCUT2D eigenvalue weighted by atomic mass is 17.3. The number of benzene rings is 2. The molecule has 0 atom stereocenters. The van der Waals surface area contributed by atoms with Crippen LogP contribution in [0.3, 0.4) is 0 Å². The summed E-state index contributed by atoms with van der Waals surface area (Å²) < 4.78 is 0. The Kier molecular flexibility index (Phi) is 2.48. The van der Waals surface area contributed by atoms with Gasteiger partial charge in [0, 0.05) is 22.5 Å². The van der Waals surface area contributed by atoms with Gasteiger partial charge in [0.1, 0.15) is 5.60 Å². The van der Waals surface area contributed by atoms with Gasteiger partial charge in [-0.25, -0.2) is 9.78 Å². The van der Waals surface area contributed by atoms with E-state index in [2.05, 4.69) is 53.8 Å². The van der Waals surface area contributed by atoms with E-state index in [1.54, 1.807) is 0 Å². The molecule has 1 saturated heterocycles. The van der Waals surface area contributed by atoms with Crippen molar-refractivity contribution in [3.8, 4) is 0 Å². The minimum Gasteiger partial charge on any atom is -0.355 e. The molecule has 0 unspecified atom stereocenters. The van der Waals surface area contributed by atoms with E-state index in [4.69, 9.17) is 9.78 Å². The zero-order valence-electron chi connectivity index (χ0n) is 14.8. The Morgan fingerprint density at radius 1 is 0.692 bits per heavy atom. The quantitative estimate of drug-likeness (QED) is 0.670. The van der Waals surface area contributed by atoms with E-state index in [1.807, 2.05) is 0 Å². The molecule has 2 spiro atoms. The lowest BCUT2D eigenvalue weighted by Crippen LogP contribution is -2.76. The molecule has 4 saturated carbocycles. The maximum atomic E-state index is 6.27. The minimum atomic E-state index is -0.450. The average Bonchev–Trinajstić information content (AvgIpc) is 2.64. The number of hydrogen-bond acceptors (Lipinski definition) is 3. The summed E-state index contributed by atoms with van der Waals surface area (Å²) in [5.74, 6) is 3.06. The van der Waals surface area contributed by atoms with Crippen LogP contribution < -0.4 is 5.32 Å². The van der Waals surface area contributed by atoms with Crippen LogP contribution >= 0.6 is 0 Å². The van der Waals surface area contributed by atoms with Gasteiger partial charge in [0.2, 0.25) is 0 Å². The van der Waals surface area contributed by atoms with E-state index < -0.39 is 5.60 Å². The van der Waals surface area contributed by atoms with Gasteiger partial charge in [0.15, 0.2) is 5.60 Å². The number of nitrogens with one attached hydrogen (secondary N) is 1. The van der Waals surface area contributed by atoms with Gasteiger partial charge in [0.25, 0.3) is 0 Å². The normalized spacial score (nSPS) is 40.0. The summed E-state index contributed by atoms with van der Waals surface area (Å²) in [5, 5.41) is 3.63. The SMILES string of the molecule is c1ccc2c(c1)Nc1ccccc1C21OOC12C1CC3CC(C1)CC2C3. The topological polar surface area (TPSA) is 30.5 Å². The van der Waals surface area contributed by atoms with Crippen molar-refractivity contribution in [3.05, 3.63) is 59.7 Å². The second-order valence-electron chi connectivity index (χ2n) is 9.16. The Morgan fingerprint density at radius 3 is 1.73 bits per heavy atom. The molecule has 2 aromatic carbocycles. The second kappa shape index (κ2) is 4.52. The van der Waals surface area contributed by atoms with Crippen LogP contribution in [-0.2, 0) is 15.4 Å². The van der Waals surface area contributed by atoms with E-state index in [-0.39, 0.29) is 5.60 Å². The monoisotopic (exact) mass is 345 g/mol. The Labute approximate surface area is 153 Å². The van der Waals surface area contributed by atoms with Gasteiger partial charge in [-0.2, -0.15) is 0 Å². The summed E-state index contributed by atoms with van der Waals surface area (Å²) in [6.07, 6.45) is 6.71. The van der Waals surface area contributed by atoms with Crippen LogP contribution in [0, 0.1) is 23.7 Å². The molecule has 4 aliphatic carbocycles. The molecule has 4 bridgehead atoms. The van der Waals surface area contributed by atoms with E-state index in [0.717, 1.165) is 11.8 Å². The zero-order valence-corrected chi connectivity index (χ0v) is 14.8. The summed E-state index contributed by atoms with van der Waals surface area (Å²) in [4.78, 5) is 12.5. The molecular weight excluding hydrogens is 322 g/mol. The lowest BCUT2D eigenvalue weighted by atomic mass is 9.44. The molecule has 0 aromatic heterocycles. The van der Waals surface area contributed by atoms with Gasteiger partial charge in [-0.3, -0.25) is 0 Å². The lowest BCUT2D eigenvalue weighted by Gasteiger charge is -2.70. The Bertz CT molecular complexity index is 846. The molecule has 1 N–H and O–H groups in total. The molecule has 2 aromatic rings. The van der Waals surface area contributed by atoms with Crippen LogP contribution in [0.15, 0.2) is 48.5 Å². The molecule has 0 radical (unpaired) electrons. The van der Waals surface area contributed by atoms with Gasteiger partial charge in [-0.1, -0.05) is 36.4 Å². The van der Waals surface area contributed by atoms with Gasteiger partial charge < -0.3 is 5.32 Å². The first kappa shape index (κ1) is 14.2. The van der Waals surface area contributed by atoms with Gasteiger partial charge in [0.05, 0.1) is 0 Å². The third-order valence-electron chi connectivity index (χ3n) is 8.09. The fourth-order valence-electron chi connectivity index (χ4n) is 7.42. The summed E-state index contributed by atoms with van der Waals surface area (Å²) in [6.45, 7) is 0. The number of rotatable bonds is 0. The minimum absolute atomic E-state index is 0.186. The van der Waals surface area contributed by atoms with Crippen LogP contribution in [0.4, 0.5) is 11.4 Å². The second-order valence-corrected chi connectivity index (χ2v) is 9.16. The maximum Gasteiger partial charge on any atom is 0.190 e.